The van der Waals surface area contributed by atoms with Crippen LogP contribution in [0.5, 0.6) is 23.0 Å². The minimum absolute atomic E-state index is 0.0582. The zero-order chi connectivity index (χ0) is 19.8. The molecule has 8 heteroatoms. The van der Waals surface area contributed by atoms with Gasteiger partial charge in [-0.3, -0.25) is 4.79 Å². The molecule has 0 saturated carbocycles. The monoisotopic (exact) mass is 381 g/mol. The minimum atomic E-state index is -2.97. The van der Waals surface area contributed by atoms with Gasteiger partial charge in [0, 0.05) is 12.1 Å². The van der Waals surface area contributed by atoms with Crippen LogP contribution in [-0.2, 0) is 6.42 Å². The summed E-state index contributed by atoms with van der Waals surface area (Å²) in [5, 5.41) is 2.77. The number of hydrogen-bond donors (Lipinski definition) is 1. The molecule has 0 bridgehead atoms. The van der Waals surface area contributed by atoms with Crippen molar-refractivity contribution in [3.63, 3.8) is 0 Å². The van der Waals surface area contributed by atoms with Crippen molar-refractivity contribution in [2.45, 2.75) is 13.0 Å². The molecule has 0 saturated heterocycles. The Bertz CT molecular complexity index is 783. The quantitative estimate of drug-likeness (QED) is 0.722. The predicted molar refractivity (Wildman–Crippen MR) is 95.2 cm³/mol. The first-order valence-corrected chi connectivity index (χ1v) is 8.10. The van der Waals surface area contributed by atoms with Crippen LogP contribution in [0.4, 0.5) is 8.78 Å². The fraction of sp³-hybridized carbons (Fsp3) is 0.316. The lowest BCUT2D eigenvalue weighted by atomic mass is 10.1. The molecule has 0 spiro atoms. The highest BCUT2D eigenvalue weighted by atomic mass is 19.3. The van der Waals surface area contributed by atoms with E-state index in [2.05, 4.69) is 10.1 Å². The number of amides is 1. The highest BCUT2D eigenvalue weighted by Crippen LogP contribution is 2.29. The molecular weight excluding hydrogens is 360 g/mol. The van der Waals surface area contributed by atoms with E-state index >= 15 is 0 Å². The van der Waals surface area contributed by atoms with Crippen molar-refractivity contribution in [2.75, 3.05) is 27.9 Å². The SMILES string of the molecule is COc1ccc(CCNC(=O)c2ccc(OC(F)F)c(OC)c2)cc1OC. The number of nitrogens with one attached hydrogen (secondary N) is 1. The molecule has 0 aliphatic heterocycles. The standard InChI is InChI=1S/C19H21F2NO5/c1-24-14-6-4-12(10-16(14)25-2)8-9-22-18(23)13-5-7-15(27-19(20)21)17(11-13)26-3/h4-7,10-11,19H,8-9H2,1-3H3,(H,22,23). The Labute approximate surface area is 156 Å². The highest BCUT2D eigenvalue weighted by molar-refractivity contribution is 5.94. The van der Waals surface area contributed by atoms with Crippen molar-refractivity contribution in [2.24, 2.45) is 0 Å². The number of methoxy groups -OCH3 is 3. The van der Waals surface area contributed by atoms with Crippen molar-refractivity contribution in [1.29, 1.82) is 0 Å². The lowest BCUT2D eigenvalue weighted by Gasteiger charge is -2.12. The molecule has 0 atom stereocenters. The van der Waals surface area contributed by atoms with Crippen molar-refractivity contribution >= 4 is 5.91 Å². The van der Waals surface area contributed by atoms with Crippen LogP contribution in [0.3, 0.4) is 0 Å². The Hall–Kier alpha value is -3.03. The van der Waals surface area contributed by atoms with Gasteiger partial charge < -0.3 is 24.3 Å². The van der Waals surface area contributed by atoms with E-state index in [-0.39, 0.29) is 23.0 Å². The maximum atomic E-state index is 12.4. The zero-order valence-corrected chi connectivity index (χ0v) is 15.3. The van der Waals surface area contributed by atoms with Crippen LogP contribution < -0.4 is 24.3 Å². The van der Waals surface area contributed by atoms with E-state index in [1.807, 2.05) is 12.1 Å². The van der Waals surface area contributed by atoms with Gasteiger partial charge in [-0.15, -0.1) is 0 Å². The largest absolute Gasteiger partial charge is 0.493 e. The normalized spacial score (nSPS) is 10.4. The van der Waals surface area contributed by atoms with Crippen LogP contribution in [0, 0.1) is 0 Å². The Balaban J connectivity index is 1.97. The summed E-state index contributed by atoms with van der Waals surface area (Å²) in [6.45, 7) is -2.59. The molecule has 0 aromatic heterocycles. The molecule has 2 rings (SSSR count). The van der Waals surface area contributed by atoms with Crippen molar-refractivity contribution in [3.8, 4) is 23.0 Å². The number of carbonyl (C=O) groups excluding carboxylic acids is 1. The smallest absolute Gasteiger partial charge is 0.387 e. The Morgan fingerprint density at radius 3 is 2.19 bits per heavy atom. The lowest BCUT2D eigenvalue weighted by molar-refractivity contribution is -0.0512. The van der Waals surface area contributed by atoms with Gasteiger partial charge >= 0.3 is 6.61 Å². The van der Waals surface area contributed by atoms with Crippen LogP contribution in [-0.4, -0.2) is 40.4 Å². The first kappa shape index (κ1) is 20.3. The van der Waals surface area contributed by atoms with E-state index in [1.54, 1.807) is 20.3 Å². The highest BCUT2D eigenvalue weighted by Gasteiger charge is 2.14. The molecule has 0 aliphatic carbocycles. The maximum Gasteiger partial charge on any atom is 0.387 e. The average molecular weight is 381 g/mol. The summed E-state index contributed by atoms with van der Waals surface area (Å²) in [5.74, 6) is 0.818. The summed E-state index contributed by atoms with van der Waals surface area (Å²) in [7, 11) is 4.42. The second-order valence-electron chi connectivity index (χ2n) is 5.44. The molecule has 0 unspecified atom stereocenters. The van der Waals surface area contributed by atoms with E-state index in [4.69, 9.17) is 14.2 Å². The third-order valence-corrected chi connectivity index (χ3v) is 3.79. The first-order chi connectivity index (χ1) is 13.0. The van der Waals surface area contributed by atoms with Gasteiger partial charge in [-0.05, 0) is 42.3 Å². The molecule has 2 aromatic rings. The first-order valence-electron chi connectivity index (χ1n) is 8.10. The van der Waals surface area contributed by atoms with Crippen molar-refractivity contribution in [1.82, 2.24) is 5.32 Å². The predicted octanol–water partition coefficient (Wildman–Crippen LogP) is 3.29. The van der Waals surface area contributed by atoms with E-state index < -0.39 is 6.61 Å². The number of halogens is 2. The number of carbonyl (C=O) groups is 1. The third-order valence-electron chi connectivity index (χ3n) is 3.79. The van der Waals surface area contributed by atoms with Crippen molar-refractivity contribution < 1.29 is 32.5 Å². The maximum absolute atomic E-state index is 12.4. The minimum Gasteiger partial charge on any atom is -0.493 e. The second kappa shape index (κ2) is 9.61. The number of alkyl halides is 2. The molecule has 6 nitrogen and oxygen atoms in total. The molecule has 0 heterocycles. The van der Waals surface area contributed by atoms with Gasteiger partial charge in [-0.25, -0.2) is 0 Å². The Morgan fingerprint density at radius 1 is 0.926 bits per heavy atom. The van der Waals surface area contributed by atoms with Crippen LogP contribution in [0.2, 0.25) is 0 Å². The Morgan fingerprint density at radius 2 is 1.56 bits per heavy atom. The van der Waals surface area contributed by atoms with Gasteiger partial charge in [0.2, 0.25) is 0 Å². The Kier molecular flexibility index (Phi) is 7.22. The van der Waals surface area contributed by atoms with Gasteiger partial charge in [0.05, 0.1) is 21.3 Å². The van der Waals surface area contributed by atoms with Gasteiger partial charge in [0.15, 0.2) is 23.0 Å². The van der Waals surface area contributed by atoms with Crippen molar-refractivity contribution in [3.05, 3.63) is 47.5 Å². The molecule has 0 fully saturated rings. The molecular formula is C19H21F2NO5. The molecule has 1 amide bonds. The lowest BCUT2D eigenvalue weighted by Crippen LogP contribution is -2.25. The van der Waals surface area contributed by atoms with Gasteiger partial charge in [-0.2, -0.15) is 8.78 Å². The van der Waals surface area contributed by atoms with E-state index in [1.165, 1.54) is 25.3 Å². The van der Waals surface area contributed by atoms with Crippen LogP contribution in [0.25, 0.3) is 0 Å². The van der Waals surface area contributed by atoms with E-state index in [0.717, 1.165) is 5.56 Å². The fourth-order valence-corrected chi connectivity index (χ4v) is 2.46. The summed E-state index contributed by atoms with van der Waals surface area (Å²) < 4.78 is 44.5. The zero-order valence-electron chi connectivity index (χ0n) is 15.3. The summed E-state index contributed by atoms with van der Waals surface area (Å²) >= 11 is 0. The number of ether oxygens (including phenoxy) is 4. The molecule has 146 valence electrons. The summed E-state index contributed by atoms with van der Waals surface area (Å²) in [6, 6.07) is 9.53. The van der Waals surface area contributed by atoms with Gasteiger partial charge in [0.25, 0.3) is 5.91 Å². The molecule has 0 radical (unpaired) electrons. The van der Waals surface area contributed by atoms with E-state index in [0.29, 0.717) is 24.5 Å². The van der Waals surface area contributed by atoms with Crippen LogP contribution >= 0.6 is 0 Å². The third kappa shape index (κ3) is 5.47. The second-order valence-corrected chi connectivity index (χ2v) is 5.44. The number of benzene rings is 2. The van der Waals surface area contributed by atoms with E-state index in [9.17, 15) is 13.6 Å². The van der Waals surface area contributed by atoms with Crippen LogP contribution in [0.1, 0.15) is 15.9 Å². The summed E-state index contributed by atoms with van der Waals surface area (Å²) in [6.07, 6.45) is 0.579. The van der Waals surface area contributed by atoms with Crippen LogP contribution in [0.15, 0.2) is 36.4 Å². The number of rotatable bonds is 9. The number of hydrogen-bond acceptors (Lipinski definition) is 5. The molecule has 0 aliphatic rings. The molecule has 2 aromatic carbocycles. The topological polar surface area (TPSA) is 66.0 Å². The summed E-state index contributed by atoms with van der Waals surface area (Å²) in [4.78, 5) is 12.3. The van der Waals surface area contributed by atoms with Gasteiger partial charge in [-0.1, -0.05) is 6.07 Å². The average Bonchev–Trinajstić information content (AvgIpc) is 2.67. The molecule has 27 heavy (non-hydrogen) atoms. The molecule has 1 N–H and O–H groups in total. The fourth-order valence-electron chi connectivity index (χ4n) is 2.46. The van der Waals surface area contributed by atoms with Gasteiger partial charge in [0.1, 0.15) is 0 Å². The summed E-state index contributed by atoms with van der Waals surface area (Å²) in [5.41, 5.74) is 1.24.